The molecule has 0 radical (unpaired) electrons. The van der Waals surface area contributed by atoms with Crippen LogP contribution in [0.5, 0.6) is 0 Å². The predicted octanol–water partition coefficient (Wildman–Crippen LogP) is 2.78. The maximum absolute atomic E-state index is 12.6. The fourth-order valence-corrected chi connectivity index (χ4v) is 3.05. The molecule has 2 heterocycles. The molecule has 2 amide bonds. The topological polar surface area (TPSA) is 80.6 Å². The van der Waals surface area contributed by atoms with Gasteiger partial charge in [0.05, 0.1) is 24.1 Å². The van der Waals surface area contributed by atoms with Gasteiger partial charge in [-0.3, -0.25) is 0 Å². The summed E-state index contributed by atoms with van der Waals surface area (Å²) in [6, 6.07) is 0.860. The smallest absolute Gasteiger partial charge is 0.338 e. The minimum atomic E-state index is -0.538. The van der Waals surface area contributed by atoms with E-state index in [2.05, 4.69) is 10.6 Å². The molecule has 1 saturated carbocycles. The minimum Gasteiger partial charge on any atom is -0.472 e. The Morgan fingerprint density at radius 2 is 2.09 bits per heavy atom. The van der Waals surface area contributed by atoms with Gasteiger partial charge in [-0.15, -0.1) is 0 Å². The van der Waals surface area contributed by atoms with E-state index in [0.717, 1.165) is 31.2 Å². The van der Waals surface area contributed by atoms with Gasteiger partial charge >= 0.3 is 12.0 Å². The lowest BCUT2D eigenvalue weighted by Gasteiger charge is -2.29. The van der Waals surface area contributed by atoms with Gasteiger partial charge < -0.3 is 19.8 Å². The number of urea groups is 1. The molecule has 0 aromatic carbocycles. The highest BCUT2D eigenvalue weighted by molar-refractivity contribution is 5.95. The molecule has 3 rings (SSSR count). The summed E-state index contributed by atoms with van der Waals surface area (Å²) in [5, 5.41) is 5.39. The van der Waals surface area contributed by atoms with E-state index < -0.39 is 6.04 Å². The molecule has 0 saturated heterocycles. The van der Waals surface area contributed by atoms with E-state index in [1.54, 1.807) is 13.0 Å². The monoisotopic (exact) mass is 304 g/mol. The van der Waals surface area contributed by atoms with Gasteiger partial charge in [0.1, 0.15) is 6.10 Å². The number of rotatable bonds is 3. The van der Waals surface area contributed by atoms with Crippen LogP contribution >= 0.6 is 0 Å². The van der Waals surface area contributed by atoms with Crippen molar-refractivity contribution in [3.63, 3.8) is 0 Å². The van der Waals surface area contributed by atoms with Crippen LogP contribution in [-0.2, 0) is 9.53 Å². The Bertz CT molecular complexity index is 585. The van der Waals surface area contributed by atoms with Crippen molar-refractivity contribution in [2.75, 3.05) is 0 Å². The van der Waals surface area contributed by atoms with Gasteiger partial charge in [0.25, 0.3) is 0 Å². The molecule has 22 heavy (non-hydrogen) atoms. The average molecular weight is 304 g/mol. The third kappa shape index (κ3) is 3.00. The van der Waals surface area contributed by atoms with Crippen LogP contribution in [0.3, 0.4) is 0 Å². The number of furan rings is 1. The largest absolute Gasteiger partial charge is 0.472 e. The summed E-state index contributed by atoms with van der Waals surface area (Å²) in [4.78, 5) is 24.3. The van der Waals surface area contributed by atoms with E-state index in [1.807, 2.05) is 0 Å². The maximum atomic E-state index is 12.6. The Balaban J connectivity index is 1.82. The van der Waals surface area contributed by atoms with Crippen molar-refractivity contribution in [1.82, 2.24) is 10.6 Å². The highest BCUT2D eigenvalue weighted by Crippen LogP contribution is 2.29. The minimum absolute atomic E-state index is 0.0239. The van der Waals surface area contributed by atoms with E-state index in [9.17, 15) is 9.59 Å². The quantitative estimate of drug-likeness (QED) is 0.841. The summed E-state index contributed by atoms with van der Waals surface area (Å²) in [6.45, 7) is 1.71. The first-order chi connectivity index (χ1) is 10.6. The molecule has 1 aromatic heterocycles. The van der Waals surface area contributed by atoms with E-state index in [1.165, 1.54) is 18.9 Å². The molecule has 6 nitrogen and oxygen atoms in total. The number of carbonyl (C=O) groups excluding carboxylic acids is 2. The van der Waals surface area contributed by atoms with E-state index in [0.29, 0.717) is 11.3 Å². The summed E-state index contributed by atoms with van der Waals surface area (Å²) >= 11 is 0. The molecular weight excluding hydrogens is 284 g/mol. The third-order valence-corrected chi connectivity index (χ3v) is 4.19. The van der Waals surface area contributed by atoms with Crippen molar-refractivity contribution in [2.45, 2.75) is 51.2 Å². The molecule has 2 N–H and O–H groups in total. The Morgan fingerprint density at radius 1 is 1.32 bits per heavy atom. The number of amides is 2. The van der Waals surface area contributed by atoms with Crippen LogP contribution in [0, 0.1) is 0 Å². The molecule has 1 atom stereocenters. The van der Waals surface area contributed by atoms with Crippen molar-refractivity contribution in [3.8, 4) is 0 Å². The number of hydrogen-bond donors (Lipinski definition) is 2. The first-order valence-corrected chi connectivity index (χ1v) is 7.66. The summed E-state index contributed by atoms with van der Waals surface area (Å²) in [5.41, 5.74) is 1.69. The van der Waals surface area contributed by atoms with Crippen molar-refractivity contribution >= 4 is 12.0 Å². The second-order valence-electron chi connectivity index (χ2n) is 5.79. The molecule has 118 valence electrons. The molecule has 2 aliphatic rings. The lowest BCUT2D eigenvalue weighted by Crippen LogP contribution is -2.45. The normalized spacial score (nSPS) is 23.0. The van der Waals surface area contributed by atoms with Crippen LogP contribution in [0.15, 0.2) is 34.3 Å². The summed E-state index contributed by atoms with van der Waals surface area (Å²) in [7, 11) is 0. The van der Waals surface area contributed by atoms with Crippen LogP contribution in [0.25, 0.3) is 0 Å². The van der Waals surface area contributed by atoms with E-state index in [4.69, 9.17) is 9.15 Å². The first kappa shape index (κ1) is 14.7. The second kappa shape index (κ2) is 6.25. The number of allylic oxidation sites excluding steroid dienone is 1. The number of nitrogens with one attached hydrogen (secondary N) is 2. The average Bonchev–Trinajstić information content (AvgIpc) is 3.01. The molecule has 0 bridgehead atoms. The highest BCUT2D eigenvalue weighted by atomic mass is 16.5. The highest BCUT2D eigenvalue weighted by Gasteiger charge is 2.34. The summed E-state index contributed by atoms with van der Waals surface area (Å²) in [6.07, 6.45) is 8.23. The molecule has 0 spiro atoms. The van der Waals surface area contributed by atoms with Crippen LogP contribution in [-0.4, -0.2) is 18.1 Å². The van der Waals surface area contributed by atoms with Gasteiger partial charge in [-0.25, -0.2) is 9.59 Å². The summed E-state index contributed by atoms with van der Waals surface area (Å²) in [5.74, 6) is -0.372. The van der Waals surface area contributed by atoms with Gasteiger partial charge in [0, 0.05) is 11.3 Å². The van der Waals surface area contributed by atoms with Crippen molar-refractivity contribution in [2.24, 2.45) is 0 Å². The Hall–Kier alpha value is -2.24. The number of esters is 1. The summed E-state index contributed by atoms with van der Waals surface area (Å²) < 4.78 is 10.7. The lowest BCUT2D eigenvalue weighted by molar-refractivity contribution is -0.146. The van der Waals surface area contributed by atoms with Crippen LogP contribution in [0.2, 0.25) is 0 Å². The fraction of sp³-hybridized carbons (Fsp3) is 0.500. The van der Waals surface area contributed by atoms with Crippen LogP contribution in [0.1, 0.15) is 50.6 Å². The predicted molar refractivity (Wildman–Crippen MR) is 78.8 cm³/mol. The van der Waals surface area contributed by atoms with Crippen molar-refractivity contribution in [3.05, 3.63) is 35.4 Å². The van der Waals surface area contributed by atoms with Crippen molar-refractivity contribution < 1.29 is 18.7 Å². The first-order valence-electron chi connectivity index (χ1n) is 7.66. The fourth-order valence-electron chi connectivity index (χ4n) is 3.05. The van der Waals surface area contributed by atoms with E-state index >= 15 is 0 Å². The Kier molecular flexibility index (Phi) is 4.18. The standard InChI is InChI=1S/C16H20N2O4/c1-10-13(15(19)22-12-5-3-2-4-6-12)14(18-16(20)17-10)11-7-8-21-9-11/h7-9,12,14H,2-6H2,1H3,(H2,17,18,20). The van der Waals surface area contributed by atoms with Gasteiger partial charge in [0.15, 0.2) is 0 Å². The molecule has 1 aliphatic heterocycles. The maximum Gasteiger partial charge on any atom is 0.338 e. The Labute approximate surface area is 128 Å². The molecule has 1 fully saturated rings. The van der Waals surface area contributed by atoms with Crippen LogP contribution < -0.4 is 10.6 Å². The zero-order chi connectivity index (χ0) is 15.5. The zero-order valence-corrected chi connectivity index (χ0v) is 12.6. The number of hydrogen-bond acceptors (Lipinski definition) is 4. The van der Waals surface area contributed by atoms with Gasteiger partial charge in [-0.05, 0) is 38.7 Å². The molecule has 6 heteroatoms. The molecule has 1 unspecified atom stereocenters. The van der Waals surface area contributed by atoms with Gasteiger partial charge in [0.2, 0.25) is 0 Å². The molecule has 1 aliphatic carbocycles. The second-order valence-corrected chi connectivity index (χ2v) is 5.79. The third-order valence-electron chi connectivity index (χ3n) is 4.19. The number of ether oxygens (including phenoxy) is 1. The Morgan fingerprint density at radius 3 is 2.77 bits per heavy atom. The SMILES string of the molecule is CC1=C(C(=O)OC2CCCCC2)C(c2ccoc2)NC(=O)N1. The van der Waals surface area contributed by atoms with Crippen LogP contribution in [0.4, 0.5) is 4.79 Å². The van der Waals surface area contributed by atoms with E-state index in [-0.39, 0.29) is 18.1 Å². The lowest BCUT2D eigenvalue weighted by atomic mass is 9.96. The molecule has 1 aromatic rings. The van der Waals surface area contributed by atoms with Crippen molar-refractivity contribution in [1.29, 1.82) is 0 Å². The van der Waals surface area contributed by atoms with Gasteiger partial charge in [-0.2, -0.15) is 0 Å². The molecular formula is C16H20N2O4. The van der Waals surface area contributed by atoms with Gasteiger partial charge in [-0.1, -0.05) is 6.42 Å². The number of carbonyl (C=O) groups is 2. The zero-order valence-electron chi connectivity index (χ0n) is 12.6.